The number of thiophene rings is 1. The van der Waals surface area contributed by atoms with Crippen molar-refractivity contribution in [2.45, 2.75) is 13.0 Å². The van der Waals surface area contributed by atoms with Crippen molar-refractivity contribution in [2.24, 2.45) is 5.73 Å². The zero-order valence-corrected chi connectivity index (χ0v) is 8.63. The lowest BCUT2D eigenvalue weighted by atomic mass is 10.1. The van der Waals surface area contributed by atoms with E-state index in [4.69, 9.17) is 5.73 Å². The van der Waals surface area contributed by atoms with Gasteiger partial charge >= 0.3 is 0 Å². The molecule has 2 aromatic heterocycles. The molecule has 0 saturated heterocycles. The molecule has 0 saturated carbocycles. The average Bonchev–Trinajstić information content (AvgIpc) is 2.67. The molecular weight excluding hydrogens is 192 g/mol. The largest absolute Gasteiger partial charge is 0.326 e. The van der Waals surface area contributed by atoms with Crippen LogP contribution in [0.15, 0.2) is 36.0 Å². The zero-order chi connectivity index (χ0) is 9.80. The van der Waals surface area contributed by atoms with Crippen molar-refractivity contribution in [2.75, 3.05) is 0 Å². The third-order valence-electron chi connectivity index (χ3n) is 2.17. The SMILES string of the molecule is NCc1sccc1Cc1ccncc1. The van der Waals surface area contributed by atoms with Gasteiger partial charge in [0.05, 0.1) is 0 Å². The molecule has 2 aromatic rings. The van der Waals surface area contributed by atoms with Gasteiger partial charge in [-0.15, -0.1) is 11.3 Å². The van der Waals surface area contributed by atoms with Gasteiger partial charge in [-0.1, -0.05) is 0 Å². The summed E-state index contributed by atoms with van der Waals surface area (Å²) >= 11 is 1.73. The van der Waals surface area contributed by atoms with Gasteiger partial charge in [0, 0.05) is 23.8 Å². The van der Waals surface area contributed by atoms with Crippen LogP contribution in [0.25, 0.3) is 0 Å². The summed E-state index contributed by atoms with van der Waals surface area (Å²) in [6.45, 7) is 0.637. The molecule has 14 heavy (non-hydrogen) atoms. The molecule has 0 aliphatic rings. The standard InChI is InChI=1S/C11H12N2S/c12-8-11-10(3-6-14-11)7-9-1-4-13-5-2-9/h1-6H,7-8,12H2. The predicted octanol–water partition coefficient (Wildman–Crippen LogP) is 2.19. The molecule has 0 atom stereocenters. The monoisotopic (exact) mass is 204 g/mol. The Kier molecular flexibility index (Phi) is 2.91. The minimum atomic E-state index is 0.637. The maximum absolute atomic E-state index is 5.65. The van der Waals surface area contributed by atoms with Crippen LogP contribution >= 0.6 is 11.3 Å². The second-order valence-electron chi connectivity index (χ2n) is 3.11. The first-order valence-electron chi connectivity index (χ1n) is 4.54. The number of hydrogen-bond donors (Lipinski definition) is 1. The first-order chi connectivity index (χ1) is 6.90. The molecule has 0 unspecified atom stereocenters. The summed E-state index contributed by atoms with van der Waals surface area (Å²) < 4.78 is 0. The van der Waals surface area contributed by atoms with Crippen molar-refractivity contribution in [3.63, 3.8) is 0 Å². The Morgan fingerprint density at radius 1 is 1.21 bits per heavy atom. The third kappa shape index (κ3) is 2.00. The van der Waals surface area contributed by atoms with Gasteiger partial charge in [-0.05, 0) is 41.1 Å². The van der Waals surface area contributed by atoms with Gasteiger partial charge in [0.1, 0.15) is 0 Å². The van der Waals surface area contributed by atoms with Crippen molar-refractivity contribution in [1.29, 1.82) is 0 Å². The molecule has 0 aromatic carbocycles. The molecule has 2 N–H and O–H groups in total. The molecule has 0 aliphatic heterocycles. The molecule has 0 fully saturated rings. The van der Waals surface area contributed by atoms with Crippen LogP contribution in [0.4, 0.5) is 0 Å². The van der Waals surface area contributed by atoms with Gasteiger partial charge in [0.15, 0.2) is 0 Å². The van der Waals surface area contributed by atoms with Crippen LogP contribution in [0.5, 0.6) is 0 Å². The van der Waals surface area contributed by atoms with Gasteiger partial charge in [0.25, 0.3) is 0 Å². The highest BCUT2D eigenvalue weighted by molar-refractivity contribution is 7.10. The van der Waals surface area contributed by atoms with Gasteiger partial charge in [0.2, 0.25) is 0 Å². The van der Waals surface area contributed by atoms with E-state index in [2.05, 4.69) is 16.4 Å². The van der Waals surface area contributed by atoms with Gasteiger partial charge in [-0.25, -0.2) is 0 Å². The third-order valence-corrected chi connectivity index (χ3v) is 3.15. The molecule has 72 valence electrons. The second-order valence-corrected chi connectivity index (χ2v) is 4.11. The van der Waals surface area contributed by atoms with Crippen molar-refractivity contribution >= 4 is 11.3 Å². The number of rotatable bonds is 3. The maximum atomic E-state index is 5.65. The Labute approximate surface area is 87.4 Å². The minimum absolute atomic E-state index is 0.637. The molecule has 0 radical (unpaired) electrons. The topological polar surface area (TPSA) is 38.9 Å². The van der Waals surface area contributed by atoms with Crippen molar-refractivity contribution in [3.05, 3.63) is 52.0 Å². The minimum Gasteiger partial charge on any atom is -0.326 e. The fourth-order valence-electron chi connectivity index (χ4n) is 1.42. The van der Waals surface area contributed by atoms with Crippen molar-refractivity contribution in [1.82, 2.24) is 4.98 Å². The lowest BCUT2D eigenvalue weighted by Crippen LogP contribution is -1.97. The van der Waals surface area contributed by atoms with E-state index >= 15 is 0 Å². The van der Waals surface area contributed by atoms with E-state index in [0.29, 0.717) is 6.54 Å². The Hall–Kier alpha value is -1.19. The molecule has 2 rings (SSSR count). The molecule has 0 amide bonds. The highest BCUT2D eigenvalue weighted by Gasteiger charge is 2.02. The Morgan fingerprint density at radius 3 is 2.71 bits per heavy atom. The Bertz CT molecular complexity index is 395. The van der Waals surface area contributed by atoms with Crippen LogP contribution in [0.2, 0.25) is 0 Å². The van der Waals surface area contributed by atoms with Gasteiger partial charge in [-0.2, -0.15) is 0 Å². The van der Waals surface area contributed by atoms with E-state index in [9.17, 15) is 0 Å². The molecule has 0 aliphatic carbocycles. The van der Waals surface area contributed by atoms with E-state index in [-0.39, 0.29) is 0 Å². The zero-order valence-electron chi connectivity index (χ0n) is 7.81. The summed E-state index contributed by atoms with van der Waals surface area (Å²) in [5.41, 5.74) is 8.27. The number of pyridine rings is 1. The molecule has 0 spiro atoms. The average molecular weight is 204 g/mol. The summed E-state index contributed by atoms with van der Waals surface area (Å²) in [6, 6.07) is 6.23. The Balaban J connectivity index is 2.19. The van der Waals surface area contributed by atoms with Gasteiger partial charge in [-0.3, -0.25) is 4.98 Å². The smallest absolute Gasteiger partial charge is 0.0276 e. The normalized spacial score (nSPS) is 10.4. The highest BCUT2D eigenvalue weighted by Crippen LogP contribution is 2.19. The van der Waals surface area contributed by atoms with E-state index in [0.717, 1.165) is 6.42 Å². The van der Waals surface area contributed by atoms with Crippen LogP contribution < -0.4 is 5.73 Å². The summed E-state index contributed by atoms with van der Waals surface area (Å²) in [5.74, 6) is 0. The predicted molar refractivity (Wildman–Crippen MR) is 59.3 cm³/mol. The van der Waals surface area contributed by atoms with E-state index in [1.54, 1.807) is 11.3 Å². The number of hydrogen-bond acceptors (Lipinski definition) is 3. The highest BCUT2D eigenvalue weighted by atomic mass is 32.1. The summed E-state index contributed by atoms with van der Waals surface area (Å²) in [5, 5.41) is 2.10. The lowest BCUT2D eigenvalue weighted by Gasteiger charge is -2.01. The van der Waals surface area contributed by atoms with Crippen molar-refractivity contribution in [3.8, 4) is 0 Å². The van der Waals surface area contributed by atoms with Gasteiger partial charge < -0.3 is 5.73 Å². The molecule has 2 heterocycles. The van der Waals surface area contributed by atoms with Crippen LogP contribution in [-0.4, -0.2) is 4.98 Å². The summed E-state index contributed by atoms with van der Waals surface area (Å²) in [7, 11) is 0. The quantitative estimate of drug-likeness (QED) is 0.832. The van der Waals surface area contributed by atoms with Crippen molar-refractivity contribution < 1.29 is 0 Å². The fourth-order valence-corrected chi connectivity index (χ4v) is 2.21. The fraction of sp³-hybridized carbons (Fsp3) is 0.182. The van der Waals surface area contributed by atoms with Crippen LogP contribution in [0, 0.1) is 0 Å². The number of nitrogens with zero attached hydrogens (tertiary/aromatic N) is 1. The van der Waals surface area contributed by atoms with Crippen LogP contribution in [0.3, 0.4) is 0 Å². The van der Waals surface area contributed by atoms with E-state index in [1.165, 1.54) is 16.0 Å². The van der Waals surface area contributed by atoms with E-state index in [1.807, 2.05) is 24.5 Å². The van der Waals surface area contributed by atoms with Crippen LogP contribution in [0.1, 0.15) is 16.0 Å². The number of nitrogens with two attached hydrogens (primary N) is 1. The summed E-state index contributed by atoms with van der Waals surface area (Å²) in [4.78, 5) is 5.27. The molecule has 0 bridgehead atoms. The lowest BCUT2D eigenvalue weighted by molar-refractivity contribution is 1.05. The van der Waals surface area contributed by atoms with E-state index < -0.39 is 0 Å². The number of aromatic nitrogens is 1. The summed E-state index contributed by atoms with van der Waals surface area (Å²) in [6.07, 6.45) is 4.60. The first-order valence-corrected chi connectivity index (χ1v) is 5.42. The molecule has 3 heteroatoms. The Morgan fingerprint density at radius 2 is 2.00 bits per heavy atom. The maximum Gasteiger partial charge on any atom is 0.0276 e. The molecule has 2 nitrogen and oxygen atoms in total. The first kappa shape index (κ1) is 9.37. The second kappa shape index (κ2) is 4.35. The molecular formula is C11H12N2S. The van der Waals surface area contributed by atoms with Crippen LogP contribution in [-0.2, 0) is 13.0 Å².